The highest BCUT2D eigenvalue weighted by Gasteiger charge is 2.19. The molecular weight excluding hydrogens is 220 g/mol. The zero-order valence-corrected chi connectivity index (χ0v) is 9.81. The van der Waals surface area contributed by atoms with Crippen molar-refractivity contribution in [2.45, 2.75) is 25.9 Å². The highest BCUT2D eigenvalue weighted by atomic mass is 16.6. The number of carbonyl (C=O) groups excluding carboxylic acids is 1. The van der Waals surface area contributed by atoms with E-state index >= 15 is 0 Å². The van der Waals surface area contributed by atoms with Crippen molar-refractivity contribution in [1.29, 1.82) is 0 Å². The number of Topliss-reactive ketones (excluding diaryl/α,β-unsaturated/α-hetero) is 1. The topological polar surface area (TPSA) is 55.8 Å². The van der Waals surface area contributed by atoms with Crippen molar-refractivity contribution in [3.63, 3.8) is 0 Å². The van der Waals surface area contributed by atoms with Gasteiger partial charge in [0.15, 0.2) is 17.3 Å². The number of hydrogen-bond donors (Lipinski definition) is 1. The summed E-state index contributed by atoms with van der Waals surface area (Å²) in [4.78, 5) is 11.9. The van der Waals surface area contributed by atoms with E-state index in [0.29, 0.717) is 36.7 Å². The van der Waals surface area contributed by atoms with E-state index in [1.54, 1.807) is 18.2 Å². The van der Waals surface area contributed by atoms with E-state index in [0.717, 1.165) is 6.42 Å². The van der Waals surface area contributed by atoms with E-state index in [1.165, 1.54) is 0 Å². The van der Waals surface area contributed by atoms with Crippen LogP contribution in [0, 0.1) is 0 Å². The summed E-state index contributed by atoms with van der Waals surface area (Å²) in [5.41, 5.74) is 0.468. The normalized spacial score (nSPS) is 15.4. The molecule has 0 amide bonds. The largest absolute Gasteiger partial charge is 0.486 e. The Balaban J connectivity index is 2.19. The van der Waals surface area contributed by atoms with Crippen molar-refractivity contribution in [2.24, 2.45) is 0 Å². The lowest BCUT2D eigenvalue weighted by Gasteiger charge is -2.19. The molecule has 0 spiro atoms. The van der Waals surface area contributed by atoms with Crippen LogP contribution in [0.1, 0.15) is 30.1 Å². The molecule has 0 aromatic heterocycles. The van der Waals surface area contributed by atoms with E-state index in [9.17, 15) is 9.90 Å². The van der Waals surface area contributed by atoms with Crippen LogP contribution in [-0.2, 0) is 0 Å². The van der Waals surface area contributed by atoms with Gasteiger partial charge in [0.05, 0.1) is 0 Å². The second-order valence-corrected chi connectivity index (χ2v) is 4.03. The summed E-state index contributed by atoms with van der Waals surface area (Å²) in [5.74, 6) is 0.965. The number of aliphatic hydroxyl groups is 1. The van der Waals surface area contributed by atoms with Crippen LogP contribution >= 0.6 is 0 Å². The molecular formula is C13H16O4. The third kappa shape index (κ3) is 2.58. The molecule has 1 atom stereocenters. The molecule has 0 saturated carbocycles. The van der Waals surface area contributed by atoms with Crippen LogP contribution in [-0.4, -0.2) is 30.2 Å². The molecule has 1 N–H and O–H groups in total. The number of hydrogen-bond acceptors (Lipinski definition) is 4. The molecule has 4 heteroatoms. The van der Waals surface area contributed by atoms with Gasteiger partial charge in [0.1, 0.15) is 19.3 Å². The van der Waals surface area contributed by atoms with Gasteiger partial charge >= 0.3 is 0 Å². The van der Waals surface area contributed by atoms with Crippen LogP contribution in [0.25, 0.3) is 0 Å². The maximum Gasteiger partial charge on any atom is 0.191 e. The molecule has 1 aromatic rings. The minimum Gasteiger partial charge on any atom is -0.486 e. The average molecular weight is 236 g/mol. The lowest BCUT2D eigenvalue weighted by molar-refractivity contribution is 0.0728. The predicted octanol–water partition coefficient (Wildman–Crippen LogP) is 1.80. The number of fused-ring (bicyclic) bond motifs is 1. The molecule has 17 heavy (non-hydrogen) atoms. The zero-order valence-electron chi connectivity index (χ0n) is 9.81. The fraction of sp³-hybridized carbons (Fsp3) is 0.462. The van der Waals surface area contributed by atoms with E-state index < -0.39 is 6.10 Å². The molecule has 2 rings (SSSR count). The van der Waals surface area contributed by atoms with Crippen molar-refractivity contribution in [3.05, 3.63) is 23.8 Å². The maximum atomic E-state index is 11.9. The Kier molecular flexibility index (Phi) is 3.64. The summed E-state index contributed by atoms with van der Waals surface area (Å²) in [6.07, 6.45) is 0.327. The number of aliphatic hydroxyl groups excluding tert-OH is 1. The third-order valence-electron chi connectivity index (χ3n) is 2.69. The van der Waals surface area contributed by atoms with E-state index in [4.69, 9.17) is 9.47 Å². The molecule has 0 aliphatic carbocycles. The summed E-state index contributed by atoms with van der Waals surface area (Å²) in [7, 11) is 0. The summed E-state index contributed by atoms with van der Waals surface area (Å²) < 4.78 is 10.8. The first-order chi connectivity index (χ1) is 8.22. The number of rotatable bonds is 4. The van der Waals surface area contributed by atoms with Gasteiger partial charge in [-0.05, 0) is 24.6 Å². The van der Waals surface area contributed by atoms with Crippen molar-refractivity contribution in [2.75, 3.05) is 13.2 Å². The fourth-order valence-electron chi connectivity index (χ4n) is 1.79. The monoisotopic (exact) mass is 236 g/mol. The molecule has 0 fully saturated rings. The van der Waals surface area contributed by atoms with Crippen molar-refractivity contribution >= 4 is 5.78 Å². The molecule has 92 valence electrons. The smallest absolute Gasteiger partial charge is 0.191 e. The first-order valence-electron chi connectivity index (χ1n) is 5.84. The molecule has 4 nitrogen and oxygen atoms in total. The van der Waals surface area contributed by atoms with Crippen molar-refractivity contribution < 1.29 is 19.4 Å². The van der Waals surface area contributed by atoms with Gasteiger partial charge in [-0.3, -0.25) is 4.79 Å². The Morgan fingerprint density at radius 1 is 1.35 bits per heavy atom. The Hall–Kier alpha value is -1.55. The zero-order chi connectivity index (χ0) is 12.3. The molecule has 1 aromatic carbocycles. The van der Waals surface area contributed by atoms with Gasteiger partial charge in [-0.2, -0.15) is 0 Å². The van der Waals surface area contributed by atoms with Crippen LogP contribution in [0.4, 0.5) is 0 Å². The van der Waals surface area contributed by atoms with Gasteiger partial charge in [-0.15, -0.1) is 0 Å². The SMILES string of the molecule is CCCC(O)C(=O)c1ccc2c(c1)OCCO2. The van der Waals surface area contributed by atoms with E-state index in [1.807, 2.05) is 6.92 Å². The average Bonchev–Trinajstić information content (AvgIpc) is 2.37. The van der Waals surface area contributed by atoms with Crippen LogP contribution in [0.2, 0.25) is 0 Å². The summed E-state index contributed by atoms with van der Waals surface area (Å²) in [6.45, 7) is 2.95. The minimum atomic E-state index is -0.928. The van der Waals surface area contributed by atoms with Crippen molar-refractivity contribution in [1.82, 2.24) is 0 Å². The standard InChI is InChI=1S/C13H16O4/c1-2-3-10(14)13(15)9-4-5-11-12(8-9)17-7-6-16-11/h4-5,8,10,14H,2-3,6-7H2,1H3. The second kappa shape index (κ2) is 5.19. The Labute approximate surface area is 100 Å². The molecule has 0 bridgehead atoms. The first kappa shape index (κ1) is 11.9. The summed E-state index contributed by atoms with van der Waals surface area (Å²) >= 11 is 0. The summed E-state index contributed by atoms with van der Waals surface area (Å²) in [6, 6.07) is 5.00. The van der Waals surface area contributed by atoms with Gasteiger partial charge in [-0.1, -0.05) is 13.3 Å². The molecule has 1 heterocycles. The van der Waals surface area contributed by atoms with Gasteiger partial charge in [-0.25, -0.2) is 0 Å². The van der Waals surface area contributed by atoms with E-state index in [2.05, 4.69) is 0 Å². The number of ketones is 1. The van der Waals surface area contributed by atoms with Crippen molar-refractivity contribution in [3.8, 4) is 11.5 Å². The Morgan fingerprint density at radius 3 is 2.76 bits per heavy atom. The molecule has 0 saturated heterocycles. The van der Waals surface area contributed by atoms with Gasteiger partial charge in [0, 0.05) is 5.56 Å². The first-order valence-corrected chi connectivity index (χ1v) is 5.84. The Bertz CT molecular complexity index is 414. The van der Waals surface area contributed by atoms with Gasteiger partial charge < -0.3 is 14.6 Å². The van der Waals surface area contributed by atoms with Gasteiger partial charge in [0.25, 0.3) is 0 Å². The second-order valence-electron chi connectivity index (χ2n) is 4.03. The van der Waals surface area contributed by atoms with Crippen LogP contribution in [0.15, 0.2) is 18.2 Å². The highest BCUT2D eigenvalue weighted by molar-refractivity contribution is 5.99. The Morgan fingerprint density at radius 2 is 2.06 bits per heavy atom. The lowest BCUT2D eigenvalue weighted by atomic mass is 10.0. The third-order valence-corrected chi connectivity index (χ3v) is 2.69. The van der Waals surface area contributed by atoms with Crippen LogP contribution in [0.3, 0.4) is 0 Å². The minimum absolute atomic E-state index is 0.260. The van der Waals surface area contributed by atoms with E-state index in [-0.39, 0.29) is 5.78 Å². The fourth-order valence-corrected chi connectivity index (χ4v) is 1.79. The molecule has 1 unspecified atom stereocenters. The quantitative estimate of drug-likeness (QED) is 0.810. The van der Waals surface area contributed by atoms with Crippen LogP contribution < -0.4 is 9.47 Å². The maximum absolute atomic E-state index is 11.9. The predicted molar refractivity (Wildman–Crippen MR) is 62.7 cm³/mol. The number of carbonyl (C=O) groups is 1. The summed E-state index contributed by atoms with van der Waals surface area (Å²) in [5, 5.41) is 9.65. The molecule has 1 aliphatic rings. The highest BCUT2D eigenvalue weighted by Crippen LogP contribution is 2.31. The molecule has 1 aliphatic heterocycles. The van der Waals surface area contributed by atoms with Gasteiger partial charge in [0.2, 0.25) is 0 Å². The van der Waals surface area contributed by atoms with Crippen LogP contribution in [0.5, 0.6) is 11.5 Å². The number of ether oxygens (including phenoxy) is 2. The number of benzene rings is 1. The molecule has 0 radical (unpaired) electrons. The lowest BCUT2D eigenvalue weighted by Crippen LogP contribution is -2.21.